The molecule has 2 rings (SSSR count). The maximum atomic E-state index is 6.00. The lowest BCUT2D eigenvalue weighted by Gasteiger charge is -2.13. The van der Waals surface area contributed by atoms with Crippen LogP contribution in [0.15, 0.2) is 17.7 Å². The number of nitrogens with zero attached hydrogens (tertiary/aromatic N) is 2. The topological polar surface area (TPSA) is 47.0 Å². The molecule has 0 radical (unpaired) electrons. The maximum absolute atomic E-state index is 6.00. The second-order valence-electron chi connectivity index (χ2n) is 4.91. The molecular weight excluding hydrogens is 274 g/mol. The van der Waals surface area contributed by atoms with Crippen LogP contribution in [0, 0.1) is 0 Å². The van der Waals surface area contributed by atoms with Crippen LogP contribution in [-0.4, -0.2) is 23.1 Å². The fourth-order valence-corrected chi connectivity index (χ4v) is 2.50. The van der Waals surface area contributed by atoms with Crippen LogP contribution in [0.4, 0.5) is 5.82 Å². The Bertz CT molecular complexity index is 462. The Hall–Kier alpha value is -1.13. The van der Waals surface area contributed by atoms with E-state index >= 15 is 0 Å². The molecule has 0 unspecified atom stereocenters. The summed E-state index contributed by atoms with van der Waals surface area (Å²) in [5.41, 5.74) is 1.55. The fraction of sp³-hybridized carbons (Fsp3) is 0.600. The highest BCUT2D eigenvalue weighted by atomic mass is 35.5. The average Bonchev–Trinajstić information content (AvgIpc) is 2.46. The Morgan fingerprint density at radius 3 is 3.00 bits per heavy atom. The Kier molecular flexibility index (Phi) is 6.27. The molecule has 4 nitrogen and oxygen atoms in total. The molecule has 1 N–H and O–H groups in total. The molecule has 0 aliphatic heterocycles. The van der Waals surface area contributed by atoms with Crippen molar-refractivity contribution in [1.29, 1.82) is 0 Å². The molecule has 0 spiro atoms. The molecule has 1 aliphatic rings. The second-order valence-corrected chi connectivity index (χ2v) is 5.30. The van der Waals surface area contributed by atoms with Crippen molar-refractivity contribution in [2.75, 3.05) is 18.5 Å². The fourth-order valence-electron chi connectivity index (χ4n) is 2.30. The molecule has 0 amide bonds. The number of rotatable bonds is 7. The van der Waals surface area contributed by atoms with Crippen LogP contribution < -0.4 is 5.32 Å². The Labute approximate surface area is 125 Å². The van der Waals surface area contributed by atoms with Crippen molar-refractivity contribution in [3.8, 4) is 0 Å². The van der Waals surface area contributed by atoms with Gasteiger partial charge < -0.3 is 10.1 Å². The minimum Gasteiger partial charge on any atom is -0.374 e. The van der Waals surface area contributed by atoms with Gasteiger partial charge in [0.2, 0.25) is 0 Å². The van der Waals surface area contributed by atoms with Gasteiger partial charge in [0.1, 0.15) is 17.6 Å². The van der Waals surface area contributed by atoms with Gasteiger partial charge in [0, 0.05) is 19.2 Å². The van der Waals surface area contributed by atoms with Crippen LogP contribution in [0.25, 0.3) is 0 Å². The first-order chi connectivity index (χ1) is 9.78. The Morgan fingerprint density at radius 1 is 1.35 bits per heavy atom. The molecule has 0 bridgehead atoms. The van der Waals surface area contributed by atoms with Crippen LogP contribution in [0.2, 0.25) is 5.15 Å². The minimum absolute atomic E-state index is 0.400. The van der Waals surface area contributed by atoms with Crippen molar-refractivity contribution >= 4 is 17.4 Å². The van der Waals surface area contributed by atoms with Gasteiger partial charge in [-0.15, -0.1) is 0 Å². The van der Waals surface area contributed by atoms with E-state index in [0.29, 0.717) is 24.2 Å². The van der Waals surface area contributed by atoms with Crippen molar-refractivity contribution in [3.63, 3.8) is 0 Å². The van der Waals surface area contributed by atoms with Crippen LogP contribution >= 0.6 is 11.6 Å². The van der Waals surface area contributed by atoms with E-state index in [-0.39, 0.29) is 0 Å². The number of halogens is 1. The van der Waals surface area contributed by atoms with Gasteiger partial charge >= 0.3 is 0 Å². The number of allylic oxidation sites excluding steroid dienone is 1. The summed E-state index contributed by atoms with van der Waals surface area (Å²) in [6.07, 6.45) is 8.57. The van der Waals surface area contributed by atoms with Gasteiger partial charge in [-0.05, 0) is 39.0 Å². The average molecular weight is 296 g/mol. The van der Waals surface area contributed by atoms with Crippen LogP contribution in [-0.2, 0) is 11.3 Å². The first kappa shape index (κ1) is 15.3. The zero-order valence-corrected chi connectivity index (χ0v) is 12.7. The smallest absolute Gasteiger partial charge is 0.158 e. The second kappa shape index (κ2) is 8.22. The summed E-state index contributed by atoms with van der Waals surface area (Å²) in [6.45, 7) is 3.87. The summed E-state index contributed by atoms with van der Waals surface area (Å²) in [4.78, 5) is 8.55. The van der Waals surface area contributed by atoms with Gasteiger partial charge in [-0.2, -0.15) is 0 Å². The van der Waals surface area contributed by atoms with E-state index < -0.39 is 0 Å². The highest BCUT2D eigenvalue weighted by Crippen LogP contribution is 2.20. The number of anilines is 1. The molecule has 1 aromatic heterocycles. The summed E-state index contributed by atoms with van der Waals surface area (Å²) in [5, 5.41) is 3.77. The lowest BCUT2D eigenvalue weighted by molar-refractivity contribution is 0.128. The van der Waals surface area contributed by atoms with E-state index in [2.05, 4.69) is 21.4 Å². The van der Waals surface area contributed by atoms with Crippen LogP contribution in [0.1, 0.15) is 44.9 Å². The maximum Gasteiger partial charge on any atom is 0.158 e. The zero-order chi connectivity index (χ0) is 14.2. The number of ether oxygens (including phenoxy) is 1. The monoisotopic (exact) mass is 295 g/mol. The van der Waals surface area contributed by atoms with Crippen molar-refractivity contribution in [2.45, 2.75) is 45.6 Å². The summed E-state index contributed by atoms with van der Waals surface area (Å²) in [5.74, 6) is 1.40. The largest absolute Gasteiger partial charge is 0.374 e. The molecule has 110 valence electrons. The Morgan fingerprint density at radius 2 is 2.25 bits per heavy atom. The van der Waals surface area contributed by atoms with Gasteiger partial charge in [0.05, 0.1) is 0 Å². The van der Waals surface area contributed by atoms with Crippen molar-refractivity contribution < 1.29 is 4.74 Å². The van der Waals surface area contributed by atoms with Gasteiger partial charge in [-0.3, -0.25) is 0 Å². The van der Waals surface area contributed by atoms with E-state index in [1.54, 1.807) is 11.6 Å². The van der Waals surface area contributed by atoms with E-state index in [1.165, 1.54) is 25.7 Å². The third kappa shape index (κ3) is 5.10. The standard InChI is InChI=1S/C15H22ClN3O/c1-2-20-11-15-18-13(16)10-14(19-15)17-9-8-12-6-4-3-5-7-12/h6,10H,2-5,7-9,11H2,1H3,(H,17,18,19). The van der Waals surface area contributed by atoms with Gasteiger partial charge in [-0.25, -0.2) is 9.97 Å². The molecule has 0 aromatic carbocycles. The molecule has 0 saturated carbocycles. The summed E-state index contributed by atoms with van der Waals surface area (Å²) < 4.78 is 5.31. The van der Waals surface area contributed by atoms with E-state index in [4.69, 9.17) is 16.3 Å². The SMILES string of the molecule is CCOCc1nc(Cl)cc(NCCC2=CCCCC2)n1. The Balaban J connectivity index is 1.85. The minimum atomic E-state index is 0.400. The number of hydrogen-bond acceptors (Lipinski definition) is 4. The number of aromatic nitrogens is 2. The molecule has 1 aliphatic carbocycles. The van der Waals surface area contributed by atoms with Crippen molar-refractivity contribution in [1.82, 2.24) is 9.97 Å². The molecule has 0 atom stereocenters. The molecule has 1 heterocycles. The molecule has 5 heteroatoms. The lowest BCUT2D eigenvalue weighted by atomic mass is 9.97. The quantitative estimate of drug-likeness (QED) is 0.611. The number of hydrogen-bond donors (Lipinski definition) is 1. The van der Waals surface area contributed by atoms with Crippen molar-refractivity contribution in [2.24, 2.45) is 0 Å². The first-order valence-corrected chi connectivity index (χ1v) is 7.68. The van der Waals surface area contributed by atoms with E-state index in [9.17, 15) is 0 Å². The molecule has 1 aromatic rings. The van der Waals surface area contributed by atoms with Gasteiger partial charge in [-0.1, -0.05) is 23.3 Å². The van der Waals surface area contributed by atoms with Crippen molar-refractivity contribution in [3.05, 3.63) is 28.7 Å². The third-order valence-electron chi connectivity index (χ3n) is 3.31. The molecule has 0 saturated heterocycles. The van der Waals surface area contributed by atoms with E-state index in [0.717, 1.165) is 18.8 Å². The van der Waals surface area contributed by atoms with E-state index in [1.807, 2.05) is 6.92 Å². The first-order valence-electron chi connectivity index (χ1n) is 7.31. The van der Waals surface area contributed by atoms with Gasteiger partial charge in [0.15, 0.2) is 5.82 Å². The molecule has 0 fully saturated rings. The number of nitrogens with one attached hydrogen (secondary N) is 1. The lowest BCUT2D eigenvalue weighted by Crippen LogP contribution is -2.08. The summed E-state index contributed by atoms with van der Waals surface area (Å²) >= 11 is 6.00. The van der Waals surface area contributed by atoms with Gasteiger partial charge in [0.25, 0.3) is 0 Å². The zero-order valence-electron chi connectivity index (χ0n) is 12.0. The van der Waals surface area contributed by atoms with Crippen LogP contribution in [0.5, 0.6) is 0 Å². The predicted molar refractivity (Wildman–Crippen MR) is 82.0 cm³/mol. The summed E-state index contributed by atoms with van der Waals surface area (Å²) in [7, 11) is 0. The summed E-state index contributed by atoms with van der Waals surface area (Å²) in [6, 6.07) is 1.76. The van der Waals surface area contributed by atoms with Crippen LogP contribution in [0.3, 0.4) is 0 Å². The highest BCUT2D eigenvalue weighted by Gasteiger charge is 2.05. The normalized spacial score (nSPS) is 15.0. The third-order valence-corrected chi connectivity index (χ3v) is 3.51. The molecular formula is C15H22ClN3O. The predicted octanol–water partition coefficient (Wildman–Crippen LogP) is 3.97. The molecule has 20 heavy (non-hydrogen) atoms. The highest BCUT2D eigenvalue weighted by molar-refractivity contribution is 6.29.